The molecule has 1 unspecified atom stereocenters. The van der Waals surface area contributed by atoms with Gasteiger partial charge in [0, 0.05) is 58.7 Å². The summed E-state index contributed by atoms with van der Waals surface area (Å²) in [5.41, 5.74) is 9.60. The van der Waals surface area contributed by atoms with Crippen LogP contribution in [0.2, 0.25) is 5.02 Å². The zero-order valence-electron chi connectivity index (χ0n) is 17.0. The van der Waals surface area contributed by atoms with Crippen LogP contribution < -0.4 is 11.1 Å². The quantitative estimate of drug-likeness (QED) is 0.508. The Labute approximate surface area is 180 Å². The first-order valence-electron chi connectivity index (χ1n) is 10.1. The minimum atomic E-state index is -0.0413. The van der Waals surface area contributed by atoms with E-state index < -0.39 is 0 Å². The first kappa shape index (κ1) is 20.6. The molecule has 4 rings (SSSR count). The number of nitrogens with two attached hydrogens (primary N) is 1. The number of halogens is 1. The number of aliphatic hydroxyl groups is 1. The van der Waals surface area contributed by atoms with Crippen molar-refractivity contribution in [2.75, 3.05) is 17.7 Å². The highest BCUT2D eigenvalue weighted by Crippen LogP contribution is 2.44. The number of anilines is 2. The fraction of sp³-hybridized carbons (Fsp3) is 0.348. The van der Waals surface area contributed by atoms with Crippen molar-refractivity contribution in [3.05, 3.63) is 47.4 Å². The van der Waals surface area contributed by atoms with Crippen molar-refractivity contribution < 1.29 is 9.90 Å². The highest BCUT2D eigenvalue weighted by Gasteiger charge is 2.43. The molecule has 7 heteroatoms. The Balaban J connectivity index is 1.62. The summed E-state index contributed by atoms with van der Waals surface area (Å²) in [4.78, 5) is 21.2. The third-order valence-corrected chi connectivity index (χ3v) is 6.25. The predicted molar refractivity (Wildman–Crippen MR) is 120 cm³/mol. The topological polar surface area (TPSA) is 101 Å². The van der Waals surface area contributed by atoms with E-state index in [2.05, 4.69) is 15.3 Å². The number of carbonyl (C=O) groups excluding carboxylic acids is 1. The fourth-order valence-corrected chi connectivity index (χ4v) is 4.27. The number of nitrogens with one attached hydrogen (secondary N) is 1. The summed E-state index contributed by atoms with van der Waals surface area (Å²) >= 11 is 6.75. The molecule has 1 amide bonds. The van der Waals surface area contributed by atoms with Crippen LogP contribution in [0.25, 0.3) is 21.9 Å². The largest absolute Gasteiger partial charge is 0.398 e. The molecular formula is C23H25ClN4O2. The number of aliphatic hydroxyl groups excluding tert-OH is 1. The van der Waals surface area contributed by atoms with Crippen molar-refractivity contribution in [3.63, 3.8) is 0 Å². The van der Waals surface area contributed by atoms with E-state index in [-0.39, 0.29) is 24.3 Å². The number of carbonyl (C=O) groups is 1. The second kappa shape index (κ2) is 8.20. The van der Waals surface area contributed by atoms with Crippen LogP contribution in [0.15, 0.2) is 36.8 Å². The molecule has 6 nitrogen and oxygen atoms in total. The molecule has 0 saturated heterocycles. The number of nitrogens with zero attached hydrogens (tertiary/aromatic N) is 2. The number of fused-ring (bicyclic) bond motifs is 1. The molecule has 1 aromatic carbocycles. The average molecular weight is 425 g/mol. The second-order valence-electron chi connectivity index (χ2n) is 8.25. The molecule has 3 aromatic rings. The van der Waals surface area contributed by atoms with Crippen LogP contribution >= 0.6 is 11.6 Å². The van der Waals surface area contributed by atoms with Gasteiger partial charge in [-0.3, -0.25) is 9.78 Å². The molecule has 1 aliphatic carbocycles. The Morgan fingerprint density at radius 2 is 2.13 bits per heavy atom. The molecule has 2 heterocycles. The summed E-state index contributed by atoms with van der Waals surface area (Å²) in [7, 11) is 0. The van der Waals surface area contributed by atoms with Crippen LogP contribution in [0.3, 0.4) is 0 Å². The zero-order valence-corrected chi connectivity index (χ0v) is 17.8. The summed E-state index contributed by atoms with van der Waals surface area (Å²) in [5.74, 6) is 0.922. The molecule has 2 aromatic heterocycles. The van der Waals surface area contributed by atoms with Crippen molar-refractivity contribution in [2.45, 2.75) is 26.7 Å². The normalized spacial score (nSPS) is 18.9. The van der Waals surface area contributed by atoms with E-state index in [1.807, 2.05) is 26.0 Å². The van der Waals surface area contributed by atoms with Gasteiger partial charge in [0.15, 0.2) is 0 Å². The van der Waals surface area contributed by atoms with Gasteiger partial charge < -0.3 is 16.2 Å². The van der Waals surface area contributed by atoms with Gasteiger partial charge >= 0.3 is 0 Å². The van der Waals surface area contributed by atoms with Crippen molar-refractivity contribution in [1.29, 1.82) is 0 Å². The van der Waals surface area contributed by atoms with Crippen LogP contribution in [0.1, 0.15) is 25.3 Å². The van der Waals surface area contributed by atoms with Crippen LogP contribution in [-0.2, 0) is 4.79 Å². The number of benzene rings is 1. The fourth-order valence-electron chi connectivity index (χ4n) is 3.96. The predicted octanol–water partition coefficient (Wildman–Crippen LogP) is 4.43. The second-order valence-corrected chi connectivity index (χ2v) is 8.63. The third kappa shape index (κ3) is 3.98. The molecule has 156 valence electrons. The van der Waals surface area contributed by atoms with Crippen molar-refractivity contribution >= 4 is 39.8 Å². The van der Waals surface area contributed by atoms with Gasteiger partial charge in [0.05, 0.1) is 5.02 Å². The summed E-state index contributed by atoms with van der Waals surface area (Å²) in [5, 5.41) is 14.1. The smallest absolute Gasteiger partial charge is 0.228 e. The summed E-state index contributed by atoms with van der Waals surface area (Å²) in [6, 6.07) is 5.54. The van der Waals surface area contributed by atoms with Gasteiger partial charge in [0.2, 0.25) is 5.91 Å². The Morgan fingerprint density at radius 1 is 1.33 bits per heavy atom. The molecule has 1 aliphatic rings. The van der Waals surface area contributed by atoms with Crippen molar-refractivity contribution in [1.82, 2.24) is 9.97 Å². The van der Waals surface area contributed by atoms with Crippen molar-refractivity contribution in [3.8, 4) is 11.1 Å². The van der Waals surface area contributed by atoms with E-state index in [0.717, 1.165) is 40.3 Å². The maximum Gasteiger partial charge on any atom is 0.228 e. The molecule has 1 saturated carbocycles. The molecule has 0 bridgehead atoms. The number of pyridine rings is 2. The van der Waals surface area contributed by atoms with E-state index in [1.54, 1.807) is 24.7 Å². The Kier molecular flexibility index (Phi) is 5.62. The minimum absolute atomic E-state index is 0.0265. The lowest BCUT2D eigenvalue weighted by Crippen LogP contribution is -2.16. The highest BCUT2D eigenvalue weighted by atomic mass is 35.5. The van der Waals surface area contributed by atoms with E-state index in [0.29, 0.717) is 22.4 Å². The average Bonchev–Trinajstić information content (AvgIpc) is 3.50. The number of hydrogen-bond acceptors (Lipinski definition) is 5. The number of amides is 1. The van der Waals surface area contributed by atoms with Gasteiger partial charge in [-0.2, -0.15) is 0 Å². The molecule has 0 aliphatic heterocycles. The lowest BCUT2D eigenvalue weighted by atomic mass is 9.99. The molecule has 0 radical (unpaired) electrons. The maximum absolute atomic E-state index is 12.6. The lowest BCUT2D eigenvalue weighted by molar-refractivity contribution is -0.117. The number of aromatic nitrogens is 2. The van der Waals surface area contributed by atoms with E-state index in [4.69, 9.17) is 17.3 Å². The van der Waals surface area contributed by atoms with Crippen LogP contribution in [0.5, 0.6) is 0 Å². The van der Waals surface area contributed by atoms with Crippen molar-refractivity contribution in [2.24, 2.45) is 17.8 Å². The minimum Gasteiger partial charge on any atom is -0.398 e. The van der Waals surface area contributed by atoms with Gasteiger partial charge in [-0.05, 0) is 55.4 Å². The maximum atomic E-state index is 12.6. The number of hydrogen-bond donors (Lipinski definition) is 3. The SMILES string of the molecule is Cc1ccncc1-c1cc(N)c2cnc(NC(=O)[C@@H]3C[C@H]3CC(C)CO)cc2c1Cl. The standard InChI is InChI=1S/C23H25ClN4O2/c1-12(11-29)5-14-6-15(14)23(30)28-21-8-17-19(10-27-21)20(25)7-16(22(17)24)18-9-26-4-3-13(18)2/h3-4,7-10,12,14-15,29H,5-6,11,25H2,1-2H3,(H,27,28,30)/t12?,14-,15-/m1/s1. The molecule has 1 fully saturated rings. The zero-order chi connectivity index (χ0) is 21.4. The molecule has 3 atom stereocenters. The number of nitrogen functional groups attached to an aromatic ring is 1. The van der Waals surface area contributed by atoms with Gasteiger partial charge in [-0.25, -0.2) is 4.98 Å². The number of aryl methyl sites for hydroxylation is 1. The first-order chi connectivity index (χ1) is 14.4. The van der Waals surface area contributed by atoms with E-state index >= 15 is 0 Å². The molecule has 4 N–H and O–H groups in total. The van der Waals surface area contributed by atoms with Gasteiger partial charge in [-0.15, -0.1) is 0 Å². The Morgan fingerprint density at radius 3 is 2.87 bits per heavy atom. The Bertz CT molecular complexity index is 1120. The van der Waals surface area contributed by atoms with Crippen LogP contribution in [0, 0.1) is 24.7 Å². The van der Waals surface area contributed by atoms with Gasteiger partial charge in [0.25, 0.3) is 0 Å². The molecule has 30 heavy (non-hydrogen) atoms. The third-order valence-electron chi connectivity index (χ3n) is 5.84. The molecule has 0 spiro atoms. The van der Waals surface area contributed by atoms with Crippen LogP contribution in [0.4, 0.5) is 11.5 Å². The van der Waals surface area contributed by atoms with Crippen LogP contribution in [-0.4, -0.2) is 27.6 Å². The Hall–Kier alpha value is -2.70. The van der Waals surface area contributed by atoms with Gasteiger partial charge in [0.1, 0.15) is 5.82 Å². The first-order valence-corrected chi connectivity index (χ1v) is 10.5. The monoisotopic (exact) mass is 424 g/mol. The summed E-state index contributed by atoms with van der Waals surface area (Å²) in [6.07, 6.45) is 6.86. The summed E-state index contributed by atoms with van der Waals surface area (Å²) in [6.45, 7) is 4.14. The van der Waals surface area contributed by atoms with E-state index in [1.165, 1.54) is 0 Å². The van der Waals surface area contributed by atoms with E-state index in [9.17, 15) is 9.90 Å². The highest BCUT2D eigenvalue weighted by molar-refractivity contribution is 6.39. The summed E-state index contributed by atoms with van der Waals surface area (Å²) < 4.78 is 0. The number of rotatable bonds is 6. The lowest BCUT2D eigenvalue weighted by Gasteiger charge is -2.13. The van der Waals surface area contributed by atoms with Gasteiger partial charge in [-0.1, -0.05) is 18.5 Å². The molecular weight excluding hydrogens is 400 g/mol.